The van der Waals surface area contributed by atoms with E-state index in [1.807, 2.05) is 0 Å². The lowest BCUT2D eigenvalue weighted by atomic mass is 9.86. The number of alkyl halides is 3. The third-order valence-corrected chi connectivity index (χ3v) is 5.99. The van der Waals surface area contributed by atoms with E-state index in [2.05, 4.69) is 10.5 Å². The quantitative estimate of drug-likeness (QED) is 0.286. The van der Waals surface area contributed by atoms with Gasteiger partial charge in [0.2, 0.25) is 5.60 Å². The summed E-state index contributed by atoms with van der Waals surface area (Å²) >= 11 is 17.5. The van der Waals surface area contributed by atoms with E-state index in [1.165, 1.54) is 18.2 Å². The summed E-state index contributed by atoms with van der Waals surface area (Å²) in [5.41, 5.74) is -1.48. The van der Waals surface area contributed by atoms with Crippen molar-refractivity contribution >= 4 is 46.5 Å². The second-order valence-electron chi connectivity index (χ2n) is 7.97. The van der Waals surface area contributed by atoms with Gasteiger partial charge in [0, 0.05) is 22.0 Å². The third-order valence-electron chi connectivity index (χ3n) is 5.24. The lowest BCUT2D eigenvalue weighted by Crippen LogP contribution is -2.42. The number of oxime groups is 1. The molecule has 0 spiro atoms. The highest BCUT2D eigenvalue weighted by Crippen LogP contribution is 2.51. The van der Waals surface area contributed by atoms with Crippen LogP contribution in [0.2, 0.25) is 10.0 Å². The van der Waals surface area contributed by atoms with Crippen LogP contribution in [-0.2, 0) is 15.2 Å². The molecule has 0 radical (unpaired) electrons. The van der Waals surface area contributed by atoms with E-state index in [0.717, 1.165) is 0 Å². The summed E-state index contributed by atoms with van der Waals surface area (Å²) in [5.74, 6) is -0.520. The molecule has 3 rings (SSSR count). The van der Waals surface area contributed by atoms with E-state index in [-0.39, 0.29) is 27.7 Å². The summed E-state index contributed by atoms with van der Waals surface area (Å²) in [6.45, 7) is 5.14. The lowest BCUT2D eigenvalue weighted by Gasteiger charge is -2.31. The van der Waals surface area contributed by atoms with Gasteiger partial charge in [0.1, 0.15) is 0 Å². The summed E-state index contributed by atoms with van der Waals surface area (Å²) in [6.07, 6.45) is -0.337. The zero-order valence-electron chi connectivity index (χ0n) is 17.7. The Morgan fingerprint density at radius 2 is 1.81 bits per heavy atom. The molecule has 0 bridgehead atoms. The molecule has 2 aromatic carbocycles. The van der Waals surface area contributed by atoms with Gasteiger partial charge in [0.15, 0.2) is 5.72 Å². The number of benzene rings is 2. The largest absolute Gasteiger partial charge is 0.441 e. The van der Waals surface area contributed by atoms with Crippen LogP contribution in [0.1, 0.15) is 47.3 Å². The van der Waals surface area contributed by atoms with Crippen molar-refractivity contribution in [3.05, 3.63) is 68.7 Å². The van der Waals surface area contributed by atoms with Crippen molar-refractivity contribution in [1.29, 1.82) is 0 Å². The Bertz CT molecular complexity index is 1070. The van der Waals surface area contributed by atoms with Gasteiger partial charge in [-0.3, -0.25) is 5.32 Å². The van der Waals surface area contributed by atoms with Gasteiger partial charge in [-0.1, -0.05) is 34.4 Å². The second kappa shape index (κ2) is 8.78. The first-order valence-corrected chi connectivity index (χ1v) is 10.7. The highest BCUT2D eigenvalue weighted by Gasteiger charge is 2.60. The molecule has 0 aromatic heterocycles. The molecule has 0 saturated carbocycles. The summed E-state index contributed by atoms with van der Waals surface area (Å²) in [6, 6.07) is 8.84. The number of esters is 1. The Hall–Kier alpha value is -1.93. The number of aryl methyl sites for hydroxylation is 1. The second-order valence-corrected chi connectivity index (χ2v) is 9.32. The number of nitrogens with one attached hydrogen (secondary N) is 1. The summed E-state index contributed by atoms with van der Waals surface area (Å²) in [4.78, 5) is 17.8. The monoisotopic (exact) mass is 504 g/mol. The number of halogens is 5. The maximum Gasteiger partial charge on any atom is 0.367 e. The normalized spacial score (nSPS) is 18.8. The fourth-order valence-corrected chi connectivity index (χ4v) is 3.99. The van der Waals surface area contributed by atoms with Gasteiger partial charge < -0.3 is 9.57 Å². The van der Waals surface area contributed by atoms with E-state index in [9.17, 15) is 13.6 Å². The standard InChI is InChI=1S/C22H21Cl3F2N2O3/c1-12-7-13(5-6-17(12)19(30)31-20(2,3)28-4)18-11-21(32-29-18,22(25,26)27)14-8-15(23)10-16(24)9-14/h5-10,28H,11H2,1-4H3. The van der Waals surface area contributed by atoms with Crippen molar-refractivity contribution in [3.8, 4) is 0 Å². The highest BCUT2D eigenvalue weighted by molar-refractivity contribution is 6.34. The highest BCUT2D eigenvalue weighted by atomic mass is 35.5. The van der Waals surface area contributed by atoms with E-state index >= 15 is 0 Å². The van der Waals surface area contributed by atoms with Crippen molar-refractivity contribution < 1.29 is 23.1 Å². The van der Waals surface area contributed by atoms with Crippen LogP contribution in [0, 0.1) is 6.92 Å². The Kier molecular flexibility index (Phi) is 6.78. The number of carbonyl (C=O) groups is 1. The zero-order chi connectivity index (χ0) is 23.9. The molecular formula is C22H21Cl3F2N2O3. The van der Waals surface area contributed by atoms with Crippen LogP contribution in [0.5, 0.6) is 0 Å². The van der Waals surface area contributed by atoms with Gasteiger partial charge in [0.25, 0.3) is 0 Å². The van der Waals surface area contributed by atoms with Gasteiger partial charge in [0.05, 0.1) is 11.3 Å². The van der Waals surface area contributed by atoms with E-state index in [1.54, 1.807) is 46.0 Å². The third kappa shape index (κ3) is 4.86. The molecule has 1 N–H and O–H groups in total. The molecule has 2 aromatic rings. The fourth-order valence-electron chi connectivity index (χ4n) is 3.26. The first-order chi connectivity index (χ1) is 14.8. The van der Waals surface area contributed by atoms with Gasteiger partial charge in [-0.15, -0.1) is 0 Å². The number of rotatable bonds is 6. The Morgan fingerprint density at radius 1 is 1.19 bits per heavy atom. The molecule has 0 fully saturated rings. The molecule has 1 atom stereocenters. The smallest absolute Gasteiger partial charge is 0.367 e. The van der Waals surface area contributed by atoms with Crippen LogP contribution in [-0.4, -0.2) is 29.8 Å². The molecule has 0 saturated heterocycles. The molecule has 5 nitrogen and oxygen atoms in total. The maximum absolute atomic E-state index is 14.6. The predicted octanol–water partition coefficient (Wildman–Crippen LogP) is 6.27. The van der Waals surface area contributed by atoms with Crippen LogP contribution in [0.25, 0.3) is 0 Å². The van der Waals surface area contributed by atoms with E-state index in [0.29, 0.717) is 16.7 Å². The SMILES string of the molecule is CNC(C)(C)OC(=O)c1ccc(C2=NOC(c3cc(Cl)cc(Cl)c3)(C(F)(F)Cl)C2)cc1C. The average Bonchev–Trinajstić information content (AvgIpc) is 3.13. The summed E-state index contributed by atoms with van der Waals surface area (Å²) in [7, 11) is 1.67. The van der Waals surface area contributed by atoms with Crippen LogP contribution in [0.4, 0.5) is 8.78 Å². The molecule has 0 aliphatic carbocycles. The molecule has 0 amide bonds. The van der Waals surface area contributed by atoms with Gasteiger partial charge in [-0.2, -0.15) is 8.78 Å². The van der Waals surface area contributed by atoms with Crippen molar-refractivity contribution in [1.82, 2.24) is 5.32 Å². The van der Waals surface area contributed by atoms with Gasteiger partial charge in [-0.25, -0.2) is 4.79 Å². The van der Waals surface area contributed by atoms with Crippen molar-refractivity contribution in [2.75, 3.05) is 7.05 Å². The molecular weight excluding hydrogens is 485 g/mol. The average molecular weight is 506 g/mol. The Morgan fingerprint density at radius 3 is 2.34 bits per heavy atom. The molecule has 1 heterocycles. The fraction of sp³-hybridized carbons (Fsp3) is 0.364. The molecule has 32 heavy (non-hydrogen) atoms. The van der Waals surface area contributed by atoms with Crippen molar-refractivity contribution in [2.45, 2.75) is 43.9 Å². The number of carbonyl (C=O) groups excluding carboxylic acids is 1. The van der Waals surface area contributed by atoms with Gasteiger partial charge in [-0.05, 0) is 80.9 Å². The topological polar surface area (TPSA) is 59.9 Å². The predicted molar refractivity (Wildman–Crippen MR) is 121 cm³/mol. The Balaban J connectivity index is 1.92. The minimum absolute atomic E-state index is 0.0000307. The molecule has 1 aliphatic heterocycles. The van der Waals surface area contributed by atoms with Crippen molar-refractivity contribution in [2.24, 2.45) is 5.16 Å². The summed E-state index contributed by atoms with van der Waals surface area (Å²) < 4.78 is 34.6. The van der Waals surface area contributed by atoms with Crippen LogP contribution < -0.4 is 5.32 Å². The van der Waals surface area contributed by atoms with Gasteiger partial charge >= 0.3 is 11.4 Å². The Labute approximate surface area is 199 Å². The number of hydrogen-bond donors (Lipinski definition) is 1. The molecule has 172 valence electrons. The zero-order valence-corrected chi connectivity index (χ0v) is 20.0. The molecule has 10 heteroatoms. The minimum Gasteiger partial charge on any atom is -0.441 e. The minimum atomic E-state index is -3.82. The number of nitrogens with zero attached hydrogens (tertiary/aromatic N) is 1. The van der Waals surface area contributed by atoms with Crippen LogP contribution in [0.3, 0.4) is 0 Å². The van der Waals surface area contributed by atoms with E-state index in [4.69, 9.17) is 44.4 Å². The van der Waals surface area contributed by atoms with Crippen LogP contribution >= 0.6 is 34.8 Å². The van der Waals surface area contributed by atoms with Crippen LogP contribution in [0.15, 0.2) is 41.6 Å². The first kappa shape index (κ1) is 24.7. The molecule has 1 aliphatic rings. The first-order valence-electron chi connectivity index (χ1n) is 9.59. The van der Waals surface area contributed by atoms with Crippen molar-refractivity contribution in [3.63, 3.8) is 0 Å². The molecule has 1 unspecified atom stereocenters. The maximum atomic E-state index is 14.6. The van der Waals surface area contributed by atoms with E-state index < -0.39 is 22.7 Å². The number of ether oxygens (including phenoxy) is 1. The number of hydrogen-bond acceptors (Lipinski definition) is 5. The lowest BCUT2D eigenvalue weighted by molar-refractivity contribution is -0.155. The summed E-state index contributed by atoms with van der Waals surface area (Å²) in [5, 5.41) is 3.28.